The van der Waals surface area contributed by atoms with Crippen molar-refractivity contribution in [3.63, 3.8) is 0 Å². The van der Waals surface area contributed by atoms with E-state index in [1.165, 1.54) is 20.4 Å². The van der Waals surface area contributed by atoms with Crippen molar-refractivity contribution in [3.8, 4) is 0 Å². The van der Waals surface area contributed by atoms with Crippen LogP contribution in [0, 0.1) is 0 Å². The quantitative estimate of drug-likeness (QED) is 0.565. The van der Waals surface area contributed by atoms with Gasteiger partial charge >= 0.3 is 0 Å². The zero-order valence-corrected chi connectivity index (χ0v) is 8.62. The van der Waals surface area contributed by atoms with Gasteiger partial charge in [0.2, 0.25) is 12.1 Å². The van der Waals surface area contributed by atoms with E-state index >= 15 is 0 Å². The van der Waals surface area contributed by atoms with Crippen LogP contribution in [0.2, 0.25) is 5.02 Å². The lowest BCUT2D eigenvalue weighted by molar-refractivity contribution is -0.0744. The number of nitrogens with zero attached hydrogens (tertiary/aromatic N) is 1. The molecular weight excluding hydrogens is 206 g/mol. The lowest BCUT2D eigenvalue weighted by Gasteiger charge is -2.11. The molecule has 1 heterocycles. The average Bonchev–Trinajstić information content (AvgIpc) is 2.20. The van der Waals surface area contributed by atoms with Crippen molar-refractivity contribution >= 4 is 17.4 Å². The van der Waals surface area contributed by atoms with Crippen LogP contribution >= 0.6 is 11.6 Å². The normalized spacial score (nSPS) is 10.6. The van der Waals surface area contributed by atoms with E-state index in [-0.39, 0.29) is 16.5 Å². The maximum Gasteiger partial charge on any atom is 0.238 e. The van der Waals surface area contributed by atoms with Gasteiger partial charge in [-0.1, -0.05) is 11.6 Å². The van der Waals surface area contributed by atoms with Gasteiger partial charge in [0.15, 0.2) is 0 Å². The minimum absolute atomic E-state index is 0.155. The Balaban J connectivity index is 2.94. The Bertz CT molecular complexity index is 326. The molecule has 0 aliphatic heterocycles. The van der Waals surface area contributed by atoms with E-state index < -0.39 is 6.29 Å². The minimum atomic E-state index is -0.956. The van der Waals surface area contributed by atoms with E-state index in [4.69, 9.17) is 21.1 Å². The van der Waals surface area contributed by atoms with Gasteiger partial charge in [-0.05, 0) is 12.1 Å². The first-order chi connectivity index (χ1) is 6.70. The fourth-order valence-electron chi connectivity index (χ4n) is 0.989. The third-order valence-electron chi connectivity index (χ3n) is 1.63. The van der Waals surface area contributed by atoms with Crippen LogP contribution in [0.5, 0.6) is 0 Å². The van der Waals surface area contributed by atoms with Crippen molar-refractivity contribution in [3.05, 3.63) is 29.0 Å². The van der Waals surface area contributed by atoms with E-state index in [2.05, 4.69) is 4.98 Å². The molecule has 1 aromatic heterocycles. The molecular formula is C9H10ClNO3. The number of methoxy groups -OCH3 is 2. The third-order valence-corrected chi connectivity index (χ3v) is 1.94. The Morgan fingerprint density at radius 2 is 2.14 bits per heavy atom. The number of hydrogen-bond acceptors (Lipinski definition) is 4. The molecule has 0 unspecified atom stereocenters. The van der Waals surface area contributed by atoms with Crippen LogP contribution in [-0.4, -0.2) is 31.3 Å². The molecule has 5 heteroatoms. The summed E-state index contributed by atoms with van der Waals surface area (Å²) in [5.74, 6) is -0.388. The number of rotatable bonds is 4. The highest BCUT2D eigenvalue weighted by Crippen LogP contribution is 2.15. The largest absolute Gasteiger partial charge is 0.349 e. The van der Waals surface area contributed by atoms with Crippen LogP contribution in [0.3, 0.4) is 0 Å². The number of hydrogen-bond donors (Lipinski definition) is 0. The van der Waals surface area contributed by atoms with Crippen LogP contribution in [0.25, 0.3) is 0 Å². The van der Waals surface area contributed by atoms with Crippen LogP contribution < -0.4 is 0 Å². The molecule has 0 aliphatic rings. The number of ether oxygens (including phenoxy) is 2. The molecule has 1 aromatic rings. The Labute approximate surface area is 86.8 Å². The molecule has 0 N–H and O–H groups in total. The zero-order chi connectivity index (χ0) is 10.6. The van der Waals surface area contributed by atoms with Crippen molar-refractivity contribution in [1.29, 1.82) is 0 Å². The van der Waals surface area contributed by atoms with Crippen molar-refractivity contribution in [2.24, 2.45) is 0 Å². The third kappa shape index (κ3) is 2.29. The first-order valence-corrected chi connectivity index (χ1v) is 4.28. The van der Waals surface area contributed by atoms with E-state index in [0.29, 0.717) is 0 Å². The van der Waals surface area contributed by atoms with Gasteiger partial charge in [0, 0.05) is 20.4 Å². The molecule has 0 bridgehead atoms. The predicted molar refractivity (Wildman–Crippen MR) is 51.4 cm³/mol. The van der Waals surface area contributed by atoms with Gasteiger partial charge in [-0.15, -0.1) is 0 Å². The number of halogens is 1. The van der Waals surface area contributed by atoms with Crippen LogP contribution in [0.15, 0.2) is 18.3 Å². The molecule has 0 aliphatic carbocycles. The molecule has 4 nitrogen and oxygen atoms in total. The van der Waals surface area contributed by atoms with Gasteiger partial charge in [0.05, 0.1) is 5.02 Å². The predicted octanol–water partition coefficient (Wildman–Crippen LogP) is 1.54. The average molecular weight is 216 g/mol. The van der Waals surface area contributed by atoms with Crippen molar-refractivity contribution in [1.82, 2.24) is 4.98 Å². The summed E-state index contributed by atoms with van der Waals surface area (Å²) < 4.78 is 9.60. The Kier molecular flexibility index (Phi) is 4.00. The van der Waals surface area contributed by atoms with Gasteiger partial charge < -0.3 is 9.47 Å². The number of Topliss-reactive ketones (excluding diaryl/α,β-unsaturated/α-hetero) is 1. The van der Waals surface area contributed by atoms with Gasteiger partial charge in [-0.2, -0.15) is 0 Å². The number of pyridine rings is 1. The Morgan fingerprint density at radius 1 is 1.50 bits per heavy atom. The first kappa shape index (κ1) is 11.1. The molecule has 1 rings (SSSR count). The van der Waals surface area contributed by atoms with Crippen molar-refractivity contribution < 1.29 is 14.3 Å². The lowest BCUT2D eigenvalue weighted by Crippen LogP contribution is -2.26. The SMILES string of the molecule is COC(OC)C(=O)c1ncccc1Cl. The summed E-state index contributed by atoms with van der Waals surface area (Å²) in [4.78, 5) is 15.5. The summed E-state index contributed by atoms with van der Waals surface area (Å²) in [7, 11) is 2.76. The molecule has 0 aromatic carbocycles. The van der Waals surface area contributed by atoms with Crippen LogP contribution in [0.4, 0.5) is 0 Å². The summed E-state index contributed by atoms with van der Waals surface area (Å²) in [5.41, 5.74) is 0.155. The second-order valence-corrected chi connectivity index (χ2v) is 2.91. The molecule has 76 valence electrons. The van der Waals surface area contributed by atoms with E-state index in [1.54, 1.807) is 12.1 Å². The maximum absolute atomic E-state index is 11.6. The molecule has 0 fully saturated rings. The lowest BCUT2D eigenvalue weighted by atomic mass is 10.2. The van der Waals surface area contributed by atoms with Gasteiger partial charge in [-0.25, -0.2) is 0 Å². The zero-order valence-electron chi connectivity index (χ0n) is 7.86. The monoisotopic (exact) mass is 215 g/mol. The Hall–Kier alpha value is -0.970. The topological polar surface area (TPSA) is 48.4 Å². The molecule has 0 radical (unpaired) electrons. The second-order valence-electron chi connectivity index (χ2n) is 2.50. The van der Waals surface area contributed by atoms with Gasteiger partial charge in [0.1, 0.15) is 5.69 Å². The first-order valence-electron chi connectivity index (χ1n) is 3.91. The summed E-state index contributed by atoms with van der Waals surface area (Å²) in [6.07, 6.45) is 0.531. The molecule has 0 atom stereocenters. The highest BCUT2D eigenvalue weighted by atomic mass is 35.5. The molecule has 0 saturated heterocycles. The number of carbonyl (C=O) groups is 1. The van der Waals surface area contributed by atoms with Gasteiger partial charge in [-0.3, -0.25) is 9.78 Å². The second kappa shape index (κ2) is 5.05. The highest BCUT2D eigenvalue weighted by molar-refractivity contribution is 6.33. The number of carbonyl (C=O) groups excluding carboxylic acids is 1. The van der Waals surface area contributed by atoms with Crippen LogP contribution in [0.1, 0.15) is 10.5 Å². The minimum Gasteiger partial charge on any atom is -0.349 e. The van der Waals surface area contributed by atoms with E-state index in [1.807, 2.05) is 0 Å². The smallest absolute Gasteiger partial charge is 0.238 e. The number of ketones is 1. The summed E-state index contributed by atoms with van der Waals surface area (Å²) in [6.45, 7) is 0. The Morgan fingerprint density at radius 3 is 2.64 bits per heavy atom. The molecule has 0 spiro atoms. The molecule has 0 amide bonds. The summed E-state index contributed by atoms with van der Waals surface area (Å²) in [5, 5.41) is 0.289. The summed E-state index contributed by atoms with van der Waals surface area (Å²) in [6, 6.07) is 3.23. The number of aromatic nitrogens is 1. The van der Waals surface area contributed by atoms with Crippen molar-refractivity contribution in [2.75, 3.05) is 14.2 Å². The fourth-order valence-corrected chi connectivity index (χ4v) is 1.20. The summed E-state index contributed by atoms with van der Waals surface area (Å²) >= 11 is 5.78. The maximum atomic E-state index is 11.6. The fraction of sp³-hybridized carbons (Fsp3) is 0.333. The van der Waals surface area contributed by atoms with Crippen molar-refractivity contribution in [2.45, 2.75) is 6.29 Å². The van der Waals surface area contributed by atoms with Gasteiger partial charge in [0.25, 0.3) is 0 Å². The van der Waals surface area contributed by atoms with E-state index in [9.17, 15) is 4.79 Å². The molecule has 0 saturated carbocycles. The molecule has 14 heavy (non-hydrogen) atoms. The standard InChI is InChI=1S/C9H10ClNO3/c1-13-9(14-2)8(12)7-6(10)4-3-5-11-7/h3-5,9H,1-2H3. The van der Waals surface area contributed by atoms with Crippen LogP contribution in [-0.2, 0) is 9.47 Å². The van der Waals surface area contributed by atoms with E-state index in [0.717, 1.165) is 0 Å². The highest BCUT2D eigenvalue weighted by Gasteiger charge is 2.22.